The largest absolute Gasteiger partial charge is 0.356 e. The summed E-state index contributed by atoms with van der Waals surface area (Å²) < 4.78 is 0. The Kier molecular flexibility index (Phi) is 5.21. The Bertz CT molecular complexity index is 83.1. The second-order valence-corrected chi connectivity index (χ2v) is 1.85. The van der Waals surface area contributed by atoms with Gasteiger partial charge in [-0.05, 0) is 19.9 Å². The van der Waals surface area contributed by atoms with Crippen molar-refractivity contribution in [3.63, 3.8) is 0 Å². The molecule has 0 atom stereocenters. The van der Waals surface area contributed by atoms with Crippen molar-refractivity contribution in [3.8, 4) is 0 Å². The molecule has 0 bridgehead atoms. The maximum Gasteiger partial charge on any atom is 0.220 e. The average Bonchev–Trinajstić information content (AvgIpc) is 1.85. The van der Waals surface area contributed by atoms with E-state index in [1.54, 1.807) is 0 Å². The monoisotopic (exact) mass is 130 g/mol. The standard InChI is InChI=1S/C6H14N2O/c1-2-8-6(9)4-3-5-7/h2-5,7H2,1H3,(H,8,9). The van der Waals surface area contributed by atoms with Crippen molar-refractivity contribution in [2.75, 3.05) is 13.1 Å². The molecular formula is C6H14N2O. The molecule has 0 saturated heterocycles. The highest BCUT2D eigenvalue weighted by atomic mass is 16.1. The Morgan fingerprint density at radius 1 is 1.67 bits per heavy atom. The third-order valence-electron chi connectivity index (χ3n) is 0.982. The molecule has 0 fully saturated rings. The lowest BCUT2D eigenvalue weighted by molar-refractivity contribution is -0.121. The van der Waals surface area contributed by atoms with Gasteiger partial charge in [-0.15, -0.1) is 0 Å². The quantitative estimate of drug-likeness (QED) is 0.556. The van der Waals surface area contributed by atoms with Gasteiger partial charge in [0.15, 0.2) is 0 Å². The molecule has 0 aliphatic carbocycles. The zero-order chi connectivity index (χ0) is 7.11. The van der Waals surface area contributed by atoms with Crippen LogP contribution in [-0.2, 0) is 4.79 Å². The Labute approximate surface area is 55.6 Å². The summed E-state index contributed by atoms with van der Waals surface area (Å²) in [6, 6.07) is 0. The molecule has 0 heterocycles. The molecule has 3 N–H and O–H groups in total. The fraction of sp³-hybridized carbons (Fsp3) is 0.833. The van der Waals surface area contributed by atoms with Gasteiger partial charge < -0.3 is 11.1 Å². The van der Waals surface area contributed by atoms with Crippen LogP contribution in [0.25, 0.3) is 0 Å². The Morgan fingerprint density at radius 3 is 2.78 bits per heavy atom. The molecular weight excluding hydrogens is 116 g/mol. The smallest absolute Gasteiger partial charge is 0.220 e. The number of hydrogen-bond donors (Lipinski definition) is 2. The van der Waals surface area contributed by atoms with Gasteiger partial charge >= 0.3 is 0 Å². The third kappa shape index (κ3) is 5.30. The van der Waals surface area contributed by atoms with Gasteiger partial charge in [-0.1, -0.05) is 0 Å². The highest BCUT2D eigenvalue weighted by Crippen LogP contribution is 1.83. The second kappa shape index (κ2) is 5.56. The van der Waals surface area contributed by atoms with Crippen LogP contribution in [0.2, 0.25) is 0 Å². The van der Waals surface area contributed by atoms with Gasteiger partial charge in [-0.25, -0.2) is 0 Å². The molecule has 0 aliphatic rings. The van der Waals surface area contributed by atoms with E-state index in [9.17, 15) is 4.79 Å². The molecule has 0 spiro atoms. The summed E-state index contributed by atoms with van der Waals surface area (Å²) in [6.45, 7) is 3.21. The van der Waals surface area contributed by atoms with Crippen molar-refractivity contribution >= 4 is 5.91 Å². The molecule has 0 rings (SSSR count). The number of nitrogens with one attached hydrogen (secondary N) is 1. The molecule has 3 nitrogen and oxygen atoms in total. The Morgan fingerprint density at radius 2 is 2.33 bits per heavy atom. The Balaban J connectivity index is 3.06. The number of carbonyl (C=O) groups excluding carboxylic acids is 1. The number of carbonyl (C=O) groups is 1. The molecule has 0 aromatic rings. The molecule has 0 aromatic carbocycles. The van der Waals surface area contributed by atoms with Gasteiger partial charge in [-0.2, -0.15) is 0 Å². The minimum absolute atomic E-state index is 0.1000. The van der Waals surface area contributed by atoms with Crippen LogP contribution in [0.15, 0.2) is 0 Å². The van der Waals surface area contributed by atoms with Crippen molar-refractivity contribution < 1.29 is 4.79 Å². The highest BCUT2D eigenvalue weighted by Gasteiger charge is 1.95. The summed E-state index contributed by atoms with van der Waals surface area (Å²) in [5.74, 6) is 0.1000. The first-order valence-electron chi connectivity index (χ1n) is 3.28. The minimum Gasteiger partial charge on any atom is -0.356 e. The van der Waals surface area contributed by atoms with E-state index < -0.39 is 0 Å². The van der Waals surface area contributed by atoms with E-state index in [0.29, 0.717) is 19.5 Å². The van der Waals surface area contributed by atoms with Gasteiger partial charge in [0.1, 0.15) is 0 Å². The third-order valence-corrected chi connectivity index (χ3v) is 0.982. The summed E-state index contributed by atoms with van der Waals surface area (Å²) >= 11 is 0. The molecule has 1 amide bonds. The number of nitrogens with two attached hydrogens (primary N) is 1. The Hall–Kier alpha value is -0.570. The van der Waals surface area contributed by atoms with E-state index in [-0.39, 0.29) is 5.91 Å². The van der Waals surface area contributed by atoms with Crippen LogP contribution in [-0.4, -0.2) is 19.0 Å². The van der Waals surface area contributed by atoms with Gasteiger partial charge in [-0.3, -0.25) is 4.79 Å². The van der Waals surface area contributed by atoms with Crippen molar-refractivity contribution in [3.05, 3.63) is 0 Å². The van der Waals surface area contributed by atoms with Gasteiger partial charge in [0.25, 0.3) is 0 Å². The second-order valence-electron chi connectivity index (χ2n) is 1.85. The number of hydrogen-bond acceptors (Lipinski definition) is 2. The first-order valence-corrected chi connectivity index (χ1v) is 3.28. The zero-order valence-corrected chi connectivity index (χ0v) is 5.81. The van der Waals surface area contributed by atoms with Gasteiger partial charge in [0.2, 0.25) is 5.91 Å². The van der Waals surface area contributed by atoms with Crippen LogP contribution in [0, 0.1) is 0 Å². The fourth-order valence-corrected chi connectivity index (χ4v) is 0.548. The molecule has 0 radical (unpaired) electrons. The van der Waals surface area contributed by atoms with Crippen LogP contribution < -0.4 is 11.1 Å². The molecule has 0 saturated carbocycles. The molecule has 3 heteroatoms. The molecule has 54 valence electrons. The van der Waals surface area contributed by atoms with Crippen LogP contribution in [0.1, 0.15) is 19.8 Å². The first-order chi connectivity index (χ1) is 4.31. The highest BCUT2D eigenvalue weighted by molar-refractivity contribution is 5.75. The lowest BCUT2D eigenvalue weighted by atomic mass is 10.3. The lowest BCUT2D eigenvalue weighted by Gasteiger charge is -1.98. The van der Waals surface area contributed by atoms with Crippen molar-refractivity contribution in [1.82, 2.24) is 5.32 Å². The van der Waals surface area contributed by atoms with Gasteiger partial charge in [0, 0.05) is 13.0 Å². The first kappa shape index (κ1) is 8.43. The van der Waals surface area contributed by atoms with E-state index in [2.05, 4.69) is 5.32 Å². The summed E-state index contributed by atoms with van der Waals surface area (Å²) in [6.07, 6.45) is 1.34. The SMILES string of the molecule is CCNC(=O)CCCN. The summed E-state index contributed by atoms with van der Waals surface area (Å²) in [5, 5.41) is 2.69. The molecule has 0 unspecified atom stereocenters. The lowest BCUT2D eigenvalue weighted by Crippen LogP contribution is -2.22. The average molecular weight is 130 g/mol. The zero-order valence-electron chi connectivity index (χ0n) is 5.81. The fourth-order valence-electron chi connectivity index (χ4n) is 0.548. The minimum atomic E-state index is 0.1000. The number of rotatable bonds is 4. The maximum absolute atomic E-state index is 10.6. The summed E-state index contributed by atoms with van der Waals surface area (Å²) in [4.78, 5) is 10.6. The van der Waals surface area contributed by atoms with E-state index in [4.69, 9.17) is 5.73 Å². The van der Waals surface area contributed by atoms with Crippen molar-refractivity contribution in [2.24, 2.45) is 5.73 Å². The molecule has 0 aliphatic heterocycles. The van der Waals surface area contributed by atoms with Crippen LogP contribution in [0.5, 0.6) is 0 Å². The van der Waals surface area contributed by atoms with Gasteiger partial charge in [0.05, 0.1) is 0 Å². The van der Waals surface area contributed by atoms with E-state index >= 15 is 0 Å². The van der Waals surface area contributed by atoms with Crippen LogP contribution in [0.3, 0.4) is 0 Å². The van der Waals surface area contributed by atoms with Crippen molar-refractivity contribution in [1.29, 1.82) is 0 Å². The van der Waals surface area contributed by atoms with E-state index in [1.807, 2.05) is 6.92 Å². The summed E-state index contributed by atoms with van der Waals surface area (Å²) in [7, 11) is 0. The van der Waals surface area contributed by atoms with Crippen LogP contribution in [0.4, 0.5) is 0 Å². The normalized spacial score (nSPS) is 9.11. The molecule has 9 heavy (non-hydrogen) atoms. The topological polar surface area (TPSA) is 55.1 Å². The van der Waals surface area contributed by atoms with E-state index in [1.165, 1.54) is 0 Å². The van der Waals surface area contributed by atoms with Crippen molar-refractivity contribution in [2.45, 2.75) is 19.8 Å². The number of amides is 1. The van der Waals surface area contributed by atoms with Crippen LogP contribution >= 0.6 is 0 Å². The maximum atomic E-state index is 10.6. The molecule has 0 aromatic heterocycles. The summed E-state index contributed by atoms with van der Waals surface area (Å²) in [5.41, 5.74) is 5.19. The predicted octanol–water partition coefficient (Wildman–Crippen LogP) is -0.139. The predicted molar refractivity (Wildman–Crippen MR) is 37.0 cm³/mol. The van der Waals surface area contributed by atoms with E-state index in [0.717, 1.165) is 6.42 Å².